The van der Waals surface area contributed by atoms with Gasteiger partial charge in [-0.2, -0.15) is 5.10 Å². The van der Waals surface area contributed by atoms with Gasteiger partial charge >= 0.3 is 0 Å². The topological polar surface area (TPSA) is 59.3 Å². The van der Waals surface area contributed by atoms with Crippen molar-refractivity contribution in [2.45, 2.75) is 46.2 Å². The molecule has 0 aliphatic heterocycles. The van der Waals surface area contributed by atoms with Crippen molar-refractivity contribution in [2.75, 3.05) is 13.2 Å². The van der Waals surface area contributed by atoms with Gasteiger partial charge in [-0.1, -0.05) is 43.7 Å². The van der Waals surface area contributed by atoms with Crippen LogP contribution in [0.2, 0.25) is 0 Å². The molecule has 0 spiro atoms. The zero-order valence-corrected chi connectivity index (χ0v) is 18.1. The number of aryl methyl sites for hydroxylation is 1. The molecule has 4 rings (SSSR count). The van der Waals surface area contributed by atoms with Gasteiger partial charge in [-0.15, -0.1) is 0 Å². The van der Waals surface area contributed by atoms with Crippen molar-refractivity contribution in [3.63, 3.8) is 0 Å². The Labute approximate surface area is 178 Å². The molecule has 2 aromatic carbocycles. The average molecular weight is 406 g/mol. The van der Waals surface area contributed by atoms with Crippen LogP contribution in [0.15, 0.2) is 54.7 Å². The normalized spacial score (nSPS) is 17.5. The molecule has 30 heavy (non-hydrogen) atoms. The van der Waals surface area contributed by atoms with Crippen LogP contribution in [-0.2, 0) is 13.0 Å². The number of aliphatic hydroxyl groups is 1. The fraction of sp³-hybridized carbons (Fsp3) is 0.400. The molecule has 0 saturated heterocycles. The van der Waals surface area contributed by atoms with E-state index < -0.39 is 0 Å². The maximum absolute atomic E-state index is 8.97. The van der Waals surface area contributed by atoms with Crippen LogP contribution in [-0.4, -0.2) is 28.1 Å². The molecule has 0 fully saturated rings. The van der Waals surface area contributed by atoms with Gasteiger partial charge in [0.1, 0.15) is 12.4 Å². The standard InChI is InChI=1S/C25H31N3O2/c1-18-7-9-20(10-8-18)28-24-15-25(2,3)14-23(22(24)17-27-28)26-16-19-5-4-6-21(13-19)30-12-11-29/h4-10,13,17,23,26,29H,11-12,14-16H2,1-3H3/t23-/m0/s1. The number of nitrogens with one attached hydrogen (secondary N) is 1. The highest BCUT2D eigenvalue weighted by Gasteiger charge is 2.35. The number of ether oxygens (including phenoxy) is 1. The molecule has 5 nitrogen and oxygen atoms in total. The van der Waals surface area contributed by atoms with E-state index in [-0.39, 0.29) is 18.1 Å². The molecule has 5 heteroatoms. The Bertz CT molecular complexity index is 992. The van der Waals surface area contributed by atoms with Crippen molar-refractivity contribution in [3.8, 4) is 11.4 Å². The maximum atomic E-state index is 8.97. The zero-order chi connectivity index (χ0) is 21.1. The third kappa shape index (κ3) is 4.58. The number of rotatable bonds is 7. The van der Waals surface area contributed by atoms with Crippen LogP contribution in [0, 0.1) is 12.3 Å². The minimum absolute atomic E-state index is 0.0212. The first-order chi connectivity index (χ1) is 14.4. The highest BCUT2D eigenvalue weighted by Crippen LogP contribution is 2.41. The molecule has 1 aliphatic rings. The predicted molar refractivity (Wildman–Crippen MR) is 119 cm³/mol. The van der Waals surface area contributed by atoms with Crippen molar-refractivity contribution < 1.29 is 9.84 Å². The Kier molecular flexibility index (Phi) is 5.93. The minimum Gasteiger partial charge on any atom is -0.491 e. The van der Waals surface area contributed by atoms with Crippen LogP contribution in [0.1, 0.15) is 48.7 Å². The molecular formula is C25H31N3O2. The van der Waals surface area contributed by atoms with E-state index in [1.807, 2.05) is 24.4 Å². The van der Waals surface area contributed by atoms with Crippen LogP contribution in [0.5, 0.6) is 5.75 Å². The van der Waals surface area contributed by atoms with Crippen LogP contribution >= 0.6 is 0 Å². The van der Waals surface area contributed by atoms with Gasteiger partial charge in [0.25, 0.3) is 0 Å². The van der Waals surface area contributed by atoms with Gasteiger partial charge < -0.3 is 15.2 Å². The summed E-state index contributed by atoms with van der Waals surface area (Å²) in [5.74, 6) is 0.792. The summed E-state index contributed by atoms with van der Waals surface area (Å²) in [4.78, 5) is 0. The molecule has 0 unspecified atom stereocenters. The van der Waals surface area contributed by atoms with Gasteiger partial charge in [0.05, 0.1) is 18.5 Å². The smallest absolute Gasteiger partial charge is 0.119 e. The van der Waals surface area contributed by atoms with E-state index >= 15 is 0 Å². The van der Waals surface area contributed by atoms with Gasteiger partial charge in [0.2, 0.25) is 0 Å². The molecule has 1 aliphatic carbocycles. The lowest BCUT2D eigenvalue weighted by molar-refractivity contribution is 0.201. The van der Waals surface area contributed by atoms with Gasteiger partial charge in [-0.3, -0.25) is 0 Å². The summed E-state index contributed by atoms with van der Waals surface area (Å²) in [6.45, 7) is 7.87. The largest absolute Gasteiger partial charge is 0.491 e. The Balaban J connectivity index is 1.55. The number of aromatic nitrogens is 2. The van der Waals surface area contributed by atoms with Gasteiger partial charge in [-0.05, 0) is 55.0 Å². The molecule has 0 amide bonds. The van der Waals surface area contributed by atoms with E-state index in [1.165, 1.54) is 22.4 Å². The third-order valence-electron chi connectivity index (χ3n) is 5.77. The number of hydrogen-bond acceptors (Lipinski definition) is 4. The first-order valence-corrected chi connectivity index (χ1v) is 10.6. The lowest BCUT2D eigenvalue weighted by Crippen LogP contribution is -2.33. The summed E-state index contributed by atoms with van der Waals surface area (Å²) >= 11 is 0. The molecule has 3 aromatic rings. The summed E-state index contributed by atoms with van der Waals surface area (Å²) in [7, 11) is 0. The van der Waals surface area contributed by atoms with Gasteiger partial charge in [0, 0.05) is 23.8 Å². The molecule has 1 atom stereocenters. The summed E-state index contributed by atoms with van der Waals surface area (Å²) in [6, 6.07) is 16.9. The summed E-state index contributed by atoms with van der Waals surface area (Å²) in [5.41, 5.74) is 6.33. The monoisotopic (exact) mass is 405 g/mol. The summed E-state index contributed by atoms with van der Waals surface area (Å²) in [6.07, 6.45) is 4.11. The third-order valence-corrected chi connectivity index (χ3v) is 5.77. The molecule has 0 saturated carbocycles. The summed E-state index contributed by atoms with van der Waals surface area (Å²) in [5, 5.41) is 17.5. The number of nitrogens with zero attached hydrogens (tertiary/aromatic N) is 2. The number of hydrogen-bond donors (Lipinski definition) is 2. The molecule has 0 radical (unpaired) electrons. The Morgan fingerprint density at radius 1 is 1.20 bits per heavy atom. The lowest BCUT2D eigenvalue weighted by Gasteiger charge is -2.36. The van der Waals surface area contributed by atoms with E-state index in [2.05, 4.69) is 61.1 Å². The van der Waals surface area contributed by atoms with Crippen molar-refractivity contribution in [1.82, 2.24) is 15.1 Å². The highest BCUT2D eigenvalue weighted by atomic mass is 16.5. The molecule has 1 heterocycles. The minimum atomic E-state index is 0.0212. The number of fused-ring (bicyclic) bond motifs is 1. The molecule has 0 bridgehead atoms. The first-order valence-electron chi connectivity index (χ1n) is 10.6. The van der Waals surface area contributed by atoms with E-state index in [1.54, 1.807) is 0 Å². The van der Waals surface area contributed by atoms with E-state index in [4.69, 9.17) is 14.9 Å². The Morgan fingerprint density at radius 2 is 2.00 bits per heavy atom. The second-order valence-corrected chi connectivity index (χ2v) is 8.99. The van der Waals surface area contributed by atoms with Crippen molar-refractivity contribution in [2.24, 2.45) is 5.41 Å². The Hall–Kier alpha value is -2.63. The SMILES string of the molecule is Cc1ccc(-n2ncc3c2CC(C)(C)C[C@@H]3NCc2cccc(OCCO)c2)cc1. The van der Waals surface area contributed by atoms with E-state index in [0.29, 0.717) is 6.61 Å². The van der Waals surface area contributed by atoms with Crippen molar-refractivity contribution >= 4 is 0 Å². The van der Waals surface area contributed by atoms with Crippen molar-refractivity contribution in [3.05, 3.63) is 77.1 Å². The maximum Gasteiger partial charge on any atom is 0.119 e. The predicted octanol–water partition coefficient (Wildman–Crippen LogP) is 4.36. The van der Waals surface area contributed by atoms with Crippen LogP contribution in [0.4, 0.5) is 0 Å². The number of benzene rings is 2. The zero-order valence-electron chi connectivity index (χ0n) is 18.1. The molecular weight excluding hydrogens is 374 g/mol. The van der Waals surface area contributed by atoms with Crippen LogP contribution in [0.25, 0.3) is 5.69 Å². The number of aliphatic hydroxyl groups excluding tert-OH is 1. The van der Waals surface area contributed by atoms with Crippen LogP contribution in [0.3, 0.4) is 0 Å². The molecule has 158 valence electrons. The second kappa shape index (κ2) is 8.62. The van der Waals surface area contributed by atoms with E-state index in [9.17, 15) is 0 Å². The van der Waals surface area contributed by atoms with Crippen LogP contribution < -0.4 is 10.1 Å². The van der Waals surface area contributed by atoms with Gasteiger partial charge in [-0.25, -0.2) is 4.68 Å². The highest BCUT2D eigenvalue weighted by molar-refractivity contribution is 5.39. The van der Waals surface area contributed by atoms with Gasteiger partial charge in [0.15, 0.2) is 0 Å². The van der Waals surface area contributed by atoms with Crippen molar-refractivity contribution in [1.29, 1.82) is 0 Å². The Morgan fingerprint density at radius 3 is 2.77 bits per heavy atom. The quantitative estimate of drug-likeness (QED) is 0.613. The molecule has 2 N–H and O–H groups in total. The second-order valence-electron chi connectivity index (χ2n) is 8.99. The first kappa shape index (κ1) is 20.6. The fourth-order valence-electron chi connectivity index (χ4n) is 4.28. The average Bonchev–Trinajstić information content (AvgIpc) is 3.14. The summed E-state index contributed by atoms with van der Waals surface area (Å²) < 4.78 is 7.65. The molecule has 1 aromatic heterocycles. The van der Waals surface area contributed by atoms with E-state index in [0.717, 1.165) is 30.8 Å². The fourth-order valence-corrected chi connectivity index (χ4v) is 4.28. The lowest BCUT2D eigenvalue weighted by atomic mass is 9.74.